The molecule has 2 heterocycles. The number of benzene rings is 1. The van der Waals surface area contributed by atoms with Crippen LogP contribution in [0.2, 0.25) is 0 Å². The third kappa shape index (κ3) is 7.37. The van der Waals surface area contributed by atoms with Gasteiger partial charge in [0.2, 0.25) is 11.9 Å². The van der Waals surface area contributed by atoms with Gasteiger partial charge in [-0.15, -0.1) is 0 Å². The average Bonchev–Trinajstić information content (AvgIpc) is 2.88. The number of amides is 2. The van der Waals surface area contributed by atoms with Crippen LogP contribution < -0.4 is 31.7 Å². The number of rotatable bonds is 12. The van der Waals surface area contributed by atoms with Gasteiger partial charge in [0.05, 0.1) is 19.3 Å². The topological polar surface area (TPSA) is 156 Å². The zero-order valence-electron chi connectivity index (χ0n) is 19.8. The Morgan fingerprint density at radius 1 is 1.06 bits per heavy atom. The molecule has 0 aliphatic rings. The summed E-state index contributed by atoms with van der Waals surface area (Å²) in [5, 5.41) is 11.9. The maximum absolute atomic E-state index is 13.1. The first-order chi connectivity index (χ1) is 17.0. The van der Waals surface area contributed by atoms with E-state index >= 15 is 0 Å². The van der Waals surface area contributed by atoms with Gasteiger partial charge in [0, 0.05) is 37.4 Å². The molecule has 11 nitrogen and oxygen atoms in total. The van der Waals surface area contributed by atoms with Gasteiger partial charge in [0.1, 0.15) is 17.1 Å². The smallest absolute Gasteiger partial charge is 0.260 e. The van der Waals surface area contributed by atoms with Crippen molar-refractivity contribution in [3.05, 3.63) is 60.0 Å². The molecule has 0 atom stereocenters. The van der Waals surface area contributed by atoms with E-state index in [-0.39, 0.29) is 12.5 Å². The van der Waals surface area contributed by atoms with E-state index < -0.39 is 5.91 Å². The molecule has 2 aromatic heterocycles. The van der Waals surface area contributed by atoms with Crippen molar-refractivity contribution in [3.63, 3.8) is 0 Å². The summed E-state index contributed by atoms with van der Waals surface area (Å²) in [6.45, 7) is 3.13. The first kappa shape index (κ1) is 25.4. The Hall–Kier alpha value is -4.25. The van der Waals surface area contributed by atoms with Crippen molar-refractivity contribution in [2.24, 2.45) is 5.73 Å². The molecule has 2 amide bonds. The summed E-state index contributed by atoms with van der Waals surface area (Å²) in [5.41, 5.74) is 7.68. The predicted molar refractivity (Wildman–Crippen MR) is 136 cm³/mol. The van der Waals surface area contributed by atoms with E-state index in [0.717, 1.165) is 18.4 Å². The number of carbonyl (C=O) groups excluding carboxylic acids is 2. The minimum atomic E-state index is -0.395. The Morgan fingerprint density at radius 3 is 2.57 bits per heavy atom. The number of nitrogens with one attached hydrogen (secondary N) is 4. The molecule has 184 valence electrons. The molecule has 6 N–H and O–H groups in total. The number of pyridine rings is 1. The molecule has 3 rings (SSSR count). The second kappa shape index (κ2) is 12.8. The van der Waals surface area contributed by atoms with E-state index in [1.54, 1.807) is 30.6 Å². The van der Waals surface area contributed by atoms with Crippen LogP contribution in [0, 0.1) is 0 Å². The van der Waals surface area contributed by atoms with E-state index in [9.17, 15) is 9.59 Å². The molecule has 0 unspecified atom stereocenters. The molecule has 1 aromatic carbocycles. The highest BCUT2D eigenvalue weighted by Gasteiger charge is 2.16. The van der Waals surface area contributed by atoms with Crippen LogP contribution in [0.4, 0.5) is 23.1 Å². The van der Waals surface area contributed by atoms with Crippen LogP contribution in [0.15, 0.2) is 48.9 Å². The van der Waals surface area contributed by atoms with Gasteiger partial charge in [-0.2, -0.15) is 4.98 Å². The van der Waals surface area contributed by atoms with Crippen molar-refractivity contribution in [1.82, 2.24) is 15.0 Å². The molecule has 0 aliphatic heterocycles. The maximum atomic E-state index is 13.1. The SMILES string of the molecule is CCCNc1nc(NCCc2ccncc2)ncc1C(=O)Nc1ccc(OC)c(NC(=O)CN)c1. The molecule has 0 saturated heterocycles. The second-order valence-corrected chi connectivity index (χ2v) is 7.54. The number of nitrogens with zero attached hydrogens (tertiary/aromatic N) is 3. The second-order valence-electron chi connectivity index (χ2n) is 7.54. The molecule has 0 saturated carbocycles. The Morgan fingerprint density at radius 2 is 1.86 bits per heavy atom. The minimum Gasteiger partial charge on any atom is -0.495 e. The van der Waals surface area contributed by atoms with E-state index in [1.807, 2.05) is 19.1 Å². The highest BCUT2D eigenvalue weighted by molar-refractivity contribution is 6.08. The molecule has 0 aliphatic carbocycles. The fourth-order valence-corrected chi connectivity index (χ4v) is 3.16. The summed E-state index contributed by atoms with van der Waals surface area (Å²) < 4.78 is 5.26. The summed E-state index contributed by atoms with van der Waals surface area (Å²) in [6.07, 6.45) is 6.63. The van der Waals surface area contributed by atoms with Crippen LogP contribution >= 0.6 is 0 Å². The van der Waals surface area contributed by atoms with Crippen LogP contribution in [0.3, 0.4) is 0 Å². The molecule has 0 radical (unpaired) electrons. The van der Waals surface area contributed by atoms with Gasteiger partial charge in [0.25, 0.3) is 5.91 Å². The quantitative estimate of drug-likeness (QED) is 0.264. The lowest BCUT2D eigenvalue weighted by Gasteiger charge is -2.14. The van der Waals surface area contributed by atoms with Crippen LogP contribution in [0.25, 0.3) is 0 Å². The third-order valence-electron chi connectivity index (χ3n) is 4.94. The van der Waals surface area contributed by atoms with Gasteiger partial charge >= 0.3 is 0 Å². The van der Waals surface area contributed by atoms with Gasteiger partial charge < -0.3 is 31.7 Å². The maximum Gasteiger partial charge on any atom is 0.260 e. The van der Waals surface area contributed by atoms with Crippen molar-refractivity contribution in [2.45, 2.75) is 19.8 Å². The van der Waals surface area contributed by atoms with Crippen molar-refractivity contribution >= 4 is 35.0 Å². The Labute approximate surface area is 203 Å². The molecular weight excluding hydrogens is 448 g/mol. The number of hydrogen-bond donors (Lipinski definition) is 5. The lowest BCUT2D eigenvalue weighted by Crippen LogP contribution is -2.22. The fourth-order valence-electron chi connectivity index (χ4n) is 3.16. The molecule has 3 aromatic rings. The van der Waals surface area contributed by atoms with Gasteiger partial charge in [-0.05, 0) is 48.7 Å². The molecule has 0 bridgehead atoms. The van der Waals surface area contributed by atoms with Crippen LogP contribution in [-0.2, 0) is 11.2 Å². The average molecular weight is 479 g/mol. The lowest BCUT2D eigenvalue weighted by molar-refractivity contribution is -0.114. The summed E-state index contributed by atoms with van der Waals surface area (Å²) >= 11 is 0. The van der Waals surface area contributed by atoms with Crippen molar-refractivity contribution in [1.29, 1.82) is 0 Å². The third-order valence-corrected chi connectivity index (χ3v) is 4.94. The normalized spacial score (nSPS) is 10.4. The lowest BCUT2D eigenvalue weighted by atomic mass is 10.2. The number of hydrogen-bond acceptors (Lipinski definition) is 9. The van der Waals surface area contributed by atoms with Crippen molar-refractivity contribution in [2.75, 3.05) is 48.0 Å². The molecule has 35 heavy (non-hydrogen) atoms. The molecule has 11 heteroatoms. The first-order valence-electron chi connectivity index (χ1n) is 11.3. The van der Waals surface area contributed by atoms with E-state index in [0.29, 0.717) is 47.5 Å². The number of aromatic nitrogens is 3. The predicted octanol–water partition coefficient (Wildman–Crippen LogP) is 2.51. The number of methoxy groups -OCH3 is 1. The van der Waals surface area contributed by atoms with Crippen LogP contribution in [0.1, 0.15) is 29.3 Å². The monoisotopic (exact) mass is 478 g/mol. The van der Waals surface area contributed by atoms with Crippen molar-refractivity contribution in [3.8, 4) is 5.75 Å². The standard InChI is InChI=1S/C24H30N8O3/c1-3-9-27-22-18(15-29-24(32-22)28-12-8-16-6-10-26-11-7-16)23(34)30-17-4-5-20(35-2)19(13-17)31-21(33)14-25/h4-7,10-11,13,15H,3,8-9,12,14,25H2,1-2H3,(H,30,34)(H,31,33)(H2,27,28,29,32). The molecule has 0 spiro atoms. The van der Waals surface area contributed by atoms with Crippen molar-refractivity contribution < 1.29 is 14.3 Å². The Kier molecular flexibility index (Phi) is 9.31. The van der Waals surface area contributed by atoms with E-state index in [2.05, 4.69) is 36.2 Å². The first-order valence-corrected chi connectivity index (χ1v) is 11.3. The highest BCUT2D eigenvalue weighted by Crippen LogP contribution is 2.28. The number of nitrogens with two attached hydrogens (primary N) is 1. The zero-order chi connectivity index (χ0) is 25.0. The Bertz CT molecular complexity index is 1140. The number of ether oxygens (including phenoxy) is 1. The highest BCUT2D eigenvalue weighted by atomic mass is 16.5. The van der Waals surface area contributed by atoms with Crippen LogP contribution in [0.5, 0.6) is 5.75 Å². The summed E-state index contributed by atoms with van der Waals surface area (Å²) in [7, 11) is 1.49. The van der Waals surface area contributed by atoms with Gasteiger partial charge in [-0.3, -0.25) is 14.6 Å². The summed E-state index contributed by atoms with van der Waals surface area (Å²) in [5.74, 6) is 0.522. The molecule has 0 fully saturated rings. The van der Waals surface area contributed by atoms with Gasteiger partial charge in [-0.25, -0.2) is 4.98 Å². The Balaban J connectivity index is 1.74. The largest absolute Gasteiger partial charge is 0.495 e. The zero-order valence-corrected chi connectivity index (χ0v) is 19.8. The van der Waals surface area contributed by atoms with E-state index in [4.69, 9.17) is 10.5 Å². The fraction of sp³-hybridized carbons (Fsp3) is 0.292. The van der Waals surface area contributed by atoms with Gasteiger partial charge in [-0.1, -0.05) is 6.92 Å². The minimum absolute atomic E-state index is 0.174. The summed E-state index contributed by atoms with van der Waals surface area (Å²) in [6, 6.07) is 8.82. The summed E-state index contributed by atoms with van der Waals surface area (Å²) in [4.78, 5) is 37.6. The number of carbonyl (C=O) groups is 2. The number of anilines is 4. The van der Waals surface area contributed by atoms with E-state index in [1.165, 1.54) is 13.3 Å². The van der Waals surface area contributed by atoms with Crippen LogP contribution in [-0.4, -0.2) is 53.5 Å². The van der Waals surface area contributed by atoms with Gasteiger partial charge in [0.15, 0.2) is 0 Å². The molecular formula is C24H30N8O3.